The number of benzene rings is 1. The zero-order chi connectivity index (χ0) is 18.5. The maximum absolute atomic E-state index is 12.2. The van der Waals surface area contributed by atoms with Crippen LogP contribution in [-0.4, -0.2) is 42.5 Å². The van der Waals surface area contributed by atoms with Gasteiger partial charge in [0.05, 0.1) is 11.4 Å². The molecule has 1 aromatic heterocycles. The quantitative estimate of drug-likeness (QED) is 0.538. The number of fused-ring (bicyclic) bond motifs is 1. The summed E-state index contributed by atoms with van der Waals surface area (Å²) in [6, 6.07) is 4.93. The molecule has 0 radical (unpaired) electrons. The molecule has 7 nitrogen and oxygen atoms in total. The number of esters is 1. The third-order valence-corrected chi connectivity index (χ3v) is 4.81. The van der Waals surface area contributed by atoms with E-state index < -0.39 is 5.97 Å². The Morgan fingerprint density at radius 1 is 1.19 bits per heavy atom. The maximum atomic E-state index is 12.2. The first-order valence-electron chi connectivity index (χ1n) is 8.12. The van der Waals surface area contributed by atoms with Gasteiger partial charge in [0, 0.05) is 16.9 Å². The number of Topliss-reactive ketones (excluding diaryl/α,β-unsaturated/α-hetero) is 1. The van der Waals surface area contributed by atoms with Gasteiger partial charge in [-0.2, -0.15) is 0 Å². The molecule has 1 aliphatic heterocycles. The molecule has 0 saturated heterocycles. The van der Waals surface area contributed by atoms with Crippen LogP contribution in [0.25, 0.3) is 0 Å². The molecule has 0 aliphatic carbocycles. The summed E-state index contributed by atoms with van der Waals surface area (Å²) in [4.78, 5) is 24.0. The van der Waals surface area contributed by atoms with Gasteiger partial charge < -0.3 is 18.7 Å². The van der Waals surface area contributed by atoms with Gasteiger partial charge in [-0.3, -0.25) is 9.59 Å². The number of nitrogens with zero attached hydrogens (tertiary/aromatic N) is 1. The molecule has 2 aromatic rings. The van der Waals surface area contributed by atoms with Crippen molar-refractivity contribution in [2.75, 3.05) is 25.6 Å². The van der Waals surface area contributed by atoms with Gasteiger partial charge in [-0.25, -0.2) is 0 Å². The maximum Gasteiger partial charge on any atom is 0.316 e. The predicted octanol–water partition coefficient (Wildman–Crippen LogP) is 2.72. The Balaban J connectivity index is 1.44. The molecule has 138 valence electrons. The molecule has 8 heteroatoms. The minimum absolute atomic E-state index is 0.151. The summed E-state index contributed by atoms with van der Waals surface area (Å²) in [6.45, 7) is 4.33. The number of aromatic nitrogens is 1. The molecule has 1 aromatic carbocycles. The highest BCUT2D eigenvalue weighted by atomic mass is 32.2. The van der Waals surface area contributed by atoms with Crippen molar-refractivity contribution in [3.8, 4) is 11.5 Å². The molecular weight excluding hydrogens is 358 g/mol. The van der Waals surface area contributed by atoms with Crippen LogP contribution in [0.1, 0.15) is 27.4 Å². The van der Waals surface area contributed by atoms with Crippen molar-refractivity contribution in [2.24, 2.45) is 0 Å². The topological polar surface area (TPSA) is 87.9 Å². The summed E-state index contributed by atoms with van der Waals surface area (Å²) < 4.78 is 21.0. The first kappa shape index (κ1) is 18.3. The summed E-state index contributed by atoms with van der Waals surface area (Å²) in [7, 11) is 0. The van der Waals surface area contributed by atoms with Crippen molar-refractivity contribution in [1.29, 1.82) is 0 Å². The first-order valence-corrected chi connectivity index (χ1v) is 9.28. The number of carbonyl (C=O) groups is 2. The molecule has 2 heterocycles. The lowest BCUT2D eigenvalue weighted by molar-refractivity contribution is -0.139. The van der Waals surface area contributed by atoms with E-state index in [1.54, 1.807) is 18.2 Å². The Bertz CT molecular complexity index is 797. The van der Waals surface area contributed by atoms with Crippen LogP contribution in [0.5, 0.6) is 11.5 Å². The third-order valence-electron chi connectivity index (χ3n) is 3.88. The Hall–Kier alpha value is -2.48. The van der Waals surface area contributed by atoms with Gasteiger partial charge in [0.15, 0.2) is 23.9 Å². The average Bonchev–Trinajstić information content (AvgIpc) is 2.97. The van der Waals surface area contributed by atoms with E-state index in [0.29, 0.717) is 36.0 Å². The Morgan fingerprint density at radius 3 is 2.69 bits per heavy atom. The fraction of sp³-hybridized carbons (Fsp3) is 0.389. The van der Waals surface area contributed by atoms with Crippen LogP contribution in [0.2, 0.25) is 0 Å². The molecule has 0 bridgehead atoms. The molecule has 26 heavy (non-hydrogen) atoms. The smallest absolute Gasteiger partial charge is 0.316 e. The Morgan fingerprint density at radius 2 is 1.96 bits per heavy atom. The second kappa shape index (κ2) is 8.27. The van der Waals surface area contributed by atoms with E-state index in [-0.39, 0.29) is 18.1 Å². The second-order valence-electron chi connectivity index (χ2n) is 5.74. The Labute approximate surface area is 155 Å². The van der Waals surface area contributed by atoms with E-state index in [9.17, 15) is 9.59 Å². The van der Waals surface area contributed by atoms with Crippen molar-refractivity contribution in [3.63, 3.8) is 0 Å². The van der Waals surface area contributed by atoms with E-state index >= 15 is 0 Å². The van der Waals surface area contributed by atoms with Crippen LogP contribution in [-0.2, 0) is 15.3 Å². The number of ketones is 1. The summed E-state index contributed by atoms with van der Waals surface area (Å²) in [5, 5.41) is 3.87. The zero-order valence-corrected chi connectivity index (χ0v) is 15.4. The number of carbonyl (C=O) groups excluding carboxylic acids is 2. The number of aryl methyl sites for hydroxylation is 2. The Kier molecular flexibility index (Phi) is 5.82. The monoisotopic (exact) mass is 377 g/mol. The average molecular weight is 377 g/mol. The summed E-state index contributed by atoms with van der Waals surface area (Å²) in [6.07, 6.45) is 0. The van der Waals surface area contributed by atoms with Crippen molar-refractivity contribution < 1.29 is 28.3 Å². The van der Waals surface area contributed by atoms with E-state index in [0.717, 1.165) is 17.0 Å². The van der Waals surface area contributed by atoms with Crippen molar-refractivity contribution in [1.82, 2.24) is 5.16 Å². The normalized spacial score (nSPS) is 12.7. The van der Waals surface area contributed by atoms with Crippen LogP contribution in [0.3, 0.4) is 0 Å². The van der Waals surface area contributed by atoms with Gasteiger partial charge >= 0.3 is 5.97 Å². The second-order valence-corrected chi connectivity index (χ2v) is 6.72. The van der Waals surface area contributed by atoms with Crippen molar-refractivity contribution in [3.05, 3.63) is 40.8 Å². The van der Waals surface area contributed by atoms with Gasteiger partial charge in [-0.15, -0.1) is 11.8 Å². The highest BCUT2D eigenvalue weighted by Crippen LogP contribution is 2.30. The van der Waals surface area contributed by atoms with E-state index in [4.69, 9.17) is 18.7 Å². The van der Waals surface area contributed by atoms with Crippen LogP contribution in [0.4, 0.5) is 0 Å². The van der Waals surface area contributed by atoms with Crippen LogP contribution in [0, 0.1) is 13.8 Å². The molecule has 0 saturated carbocycles. The first-order chi connectivity index (χ1) is 12.5. The lowest BCUT2D eigenvalue weighted by atomic mass is 10.1. The van der Waals surface area contributed by atoms with Gasteiger partial charge in [0.1, 0.15) is 19.0 Å². The largest absolute Gasteiger partial charge is 0.486 e. The lowest BCUT2D eigenvalue weighted by Crippen LogP contribution is -2.18. The van der Waals surface area contributed by atoms with Crippen LogP contribution in [0.15, 0.2) is 22.7 Å². The van der Waals surface area contributed by atoms with Crippen molar-refractivity contribution >= 4 is 23.5 Å². The number of thioether (sulfide) groups is 1. The van der Waals surface area contributed by atoms with Gasteiger partial charge in [0.2, 0.25) is 0 Å². The van der Waals surface area contributed by atoms with Gasteiger partial charge in [-0.05, 0) is 32.0 Å². The molecule has 0 unspecified atom stereocenters. The minimum atomic E-state index is -0.437. The highest BCUT2D eigenvalue weighted by molar-refractivity contribution is 7.99. The molecule has 1 aliphatic rings. The lowest BCUT2D eigenvalue weighted by Gasteiger charge is -2.18. The molecule has 0 spiro atoms. The van der Waals surface area contributed by atoms with E-state index in [1.165, 1.54) is 11.8 Å². The van der Waals surface area contributed by atoms with Crippen LogP contribution < -0.4 is 9.47 Å². The molecule has 0 N–H and O–H groups in total. The number of rotatable bonds is 7. The zero-order valence-electron chi connectivity index (χ0n) is 14.6. The number of hydrogen-bond acceptors (Lipinski definition) is 8. The molecule has 3 rings (SSSR count). The summed E-state index contributed by atoms with van der Waals surface area (Å²) in [5.41, 5.74) is 2.22. The summed E-state index contributed by atoms with van der Waals surface area (Å²) in [5.74, 6) is 1.92. The fourth-order valence-corrected chi connectivity index (χ4v) is 3.40. The standard InChI is InChI=1S/C18H19NO6S/c1-11-14(12(2)25-19-11)9-26-10-18(21)24-8-15(20)13-3-4-16-17(7-13)23-6-5-22-16/h3-4,7H,5-6,8-10H2,1-2H3. The SMILES string of the molecule is Cc1noc(C)c1CSCC(=O)OCC(=O)c1ccc2c(c1)OCCO2. The van der Waals surface area contributed by atoms with E-state index in [2.05, 4.69) is 5.16 Å². The number of hydrogen-bond donors (Lipinski definition) is 0. The van der Waals surface area contributed by atoms with Gasteiger partial charge in [-0.1, -0.05) is 5.16 Å². The number of ether oxygens (including phenoxy) is 3. The van der Waals surface area contributed by atoms with Gasteiger partial charge in [0.25, 0.3) is 0 Å². The molecule has 0 amide bonds. The van der Waals surface area contributed by atoms with Crippen molar-refractivity contribution in [2.45, 2.75) is 19.6 Å². The fourth-order valence-electron chi connectivity index (χ4n) is 2.43. The highest BCUT2D eigenvalue weighted by Gasteiger charge is 2.16. The van der Waals surface area contributed by atoms with Crippen LogP contribution >= 0.6 is 11.8 Å². The molecular formula is C18H19NO6S. The minimum Gasteiger partial charge on any atom is -0.486 e. The third kappa shape index (κ3) is 4.37. The summed E-state index contributed by atoms with van der Waals surface area (Å²) >= 11 is 1.39. The molecule has 0 atom stereocenters. The predicted molar refractivity (Wildman–Crippen MR) is 94.9 cm³/mol. The molecule has 0 fully saturated rings. The van der Waals surface area contributed by atoms with E-state index in [1.807, 2.05) is 13.8 Å².